The summed E-state index contributed by atoms with van der Waals surface area (Å²) in [7, 11) is 0. The van der Waals surface area contributed by atoms with Gasteiger partial charge in [0, 0.05) is 25.3 Å². The molecule has 1 saturated carbocycles. The van der Waals surface area contributed by atoms with Gasteiger partial charge in [-0.1, -0.05) is 51.4 Å². The van der Waals surface area contributed by atoms with Gasteiger partial charge < -0.3 is 20.8 Å². The van der Waals surface area contributed by atoms with Gasteiger partial charge in [0.15, 0.2) is 11.7 Å². The van der Waals surface area contributed by atoms with Crippen LogP contribution in [0.3, 0.4) is 0 Å². The molecule has 1 aliphatic carbocycles. The number of allylic oxidation sites excluding steroid dienone is 2. The number of aliphatic hydroxyl groups excluding tert-OH is 2. The van der Waals surface area contributed by atoms with E-state index in [1.54, 1.807) is 0 Å². The minimum atomic E-state index is -0.778. The van der Waals surface area contributed by atoms with Crippen molar-refractivity contribution in [1.82, 2.24) is 10.6 Å². The topological polar surface area (TPSA) is 98.7 Å². The van der Waals surface area contributed by atoms with E-state index in [9.17, 15) is 18.4 Å². The Morgan fingerprint density at radius 3 is 1.34 bits per heavy atom. The van der Waals surface area contributed by atoms with Gasteiger partial charge in [0.25, 0.3) is 11.8 Å². The maximum atomic E-state index is 14.1. The van der Waals surface area contributed by atoms with E-state index < -0.39 is 23.5 Å². The average Bonchev–Trinajstić information content (AvgIpc) is 3.28. The zero-order chi connectivity index (χ0) is 25.7. The maximum Gasteiger partial charge on any atom is 0.279 e. The van der Waals surface area contributed by atoms with Crippen LogP contribution in [0.15, 0.2) is 23.8 Å². The molecule has 0 radical (unpaired) electrons. The minimum absolute atomic E-state index is 0.222. The van der Waals surface area contributed by atoms with Gasteiger partial charge in [-0.3, -0.25) is 9.59 Å². The Bertz CT molecular complexity index is 601. The minimum Gasteiger partial charge on any atom is -0.396 e. The number of unbranched alkanes of at least 4 members (excludes halogenated alkanes) is 12. The lowest BCUT2D eigenvalue weighted by Gasteiger charge is -2.14. The molecule has 8 heteroatoms. The Morgan fingerprint density at radius 2 is 0.971 bits per heavy atom. The van der Waals surface area contributed by atoms with Crippen molar-refractivity contribution in [2.45, 2.75) is 121 Å². The summed E-state index contributed by atoms with van der Waals surface area (Å²) in [5.74, 6) is -3.01. The van der Waals surface area contributed by atoms with Gasteiger partial charge in [-0.25, -0.2) is 8.78 Å². The molecule has 0 aliphatic heterocycles. The molecule has 6 nitrogen and oxygen atoms in total. The highest BCUT2D eigenvalue weighted by Gasteiger charge is 2.28. The molecule has 2 amide bonds. The molecule has 202 valence electrons. The van der Waals surface area contributed by atoms with E-state index in [0.29, 0.717) is 32.1 Å². The predicted molar refractivity (Wildman–Crippen MR) is 135 cm³/mol. The van der Waals surface area contributed by atoms with Crippen LogP contribution in [-0.4, -0.2) is 47.3 Å². The maximum absolute atomic E-state index is 14.1. The lowest BCUT2D eigenvalue weighted by Crippen LogP contribution is -2.37. The Hall–Kier alpha value is -1.80. The molecule has 0 unspecified atom stereocenters. The first kappa shape index (κ1) is 31.2. The number of carbonyl (C=O) groups is 2. The molecule has 0 aromatic carbocycles. The summed E-state index contributed by atoms with van der Waals surface area (Å²) < 4.78 is 28.1. The largest absolute Gasteiger partial charge is 0.396 e. The molecular weight excluding hydrogens is 454 g/mol. The van der Waals surface area contributed by atoms with Crippen LogP contribution in [0.1, 0.15) is 109 Å². The summed E-state index contributed by atoms with van der Waals surface area (Å²) in [6.45, 7) is 0.443. The highest BCUT2D eigenvalue weighted by molar-refractivity contribution is 5.92. The zero-order valence-electron chi connectivity index (χ0n) is 21.2. The van der Waals surface area contributed by atoms with Crippen molar-refractivity contribution in [2.24, 2.45) is 0 Å². The van der Waals surface area contributed by atoms with Crippen LogP contribution in [0.2, 0.25) is 0 Å². The van der Waals surface area contributed by atoms with Crippen molar-refractivity contribution < 1.29 is 28.6 Å². The van der Waals surface area contributed by atoms with Crippen LogP contribution < -0.4 is 10.6 Å². The first-order chi connectivity index (χ1) is 17.0. The lowest BCUT2D eigenvalue weighted by atomic mass is 10.1. The summed E-state index contributed by atoms with van der Waals surface area (Å²) in [6, 6.07) is -0.479. The quantitative estimate of drug-likeness (QED) is 0.135. The molecule has 1 rings (SSSR count). The fourth-order valence-corrected chi connectivity index (χ4v) is 4.32. The summed E-state index contributed by atoms with van der Waals surface area (Å²) in [5.41, 5.74) is 0. The van der Waals surface area contributed by atoms with Gasteiger partial charge in [0.1, 0.15) is 0 Å². The van der Waals surface area contributed by atoms with Crippen LogP contribution in [0, 0.1) is 0 Å². The van der Waals surface area contributed by atoms with Crippen molar-refractivity contribution in [3.05, 3.63) is 23.8 Å². The second kappa shape index (κ2) is 20.4. The number of aliphatic hydroxyl groups is 2. The van der Waals surface area contributed by atoms with Crippen molar-refractivity contribution in [3.63, 3.8) is 0 Å². The number of carbonyl (C=O) groups excluding carboxylic acids is 2. The fraction of sp³-hybridized carbons (Fsp3) is 0.778. The molecule has 0 spiro atoms. The highest BCUT2D eigenvalue weighted by Crippen LogP contribution is 2.21. The molecule has 0 aromatic rings. The van der Waals surface area contributed by atoms with E-state index in [2.05, 4.69) is 10.6 Å². The number of halogens is 2. The number of nitrogens with one attached hydrogen (secondary N) is 2. The molecular formula is C27H46F2N2O4. The van der Waals surface area contributed by atoms with Gasteiger partial charge in [-0.15, -0.1) is 0 Å². The van der Waals surface area contributed by atoms with Crippen LogP contribution in [0.5, 0.6) is 0 Å². The van der Waals surface area contributed by atoms with E-state index in [1.165, 1.54) is 12.2 Å². The Kier molecular flexibility index (Phi) is 18.2. The van der Waals surface area contributed by atoms with Crippen LogP contribution >= 0.6 is 0 Å². The molecule has 1 fully saturated rings. The molecule has 35 heavy (non-hydrogen) atoms. The van der Waals surface area contributed by atoms with Crippen molar-refractivity contribution in [1.29, 1.82) is 0 Å². The van der Waals surface area contributed by atoms with Crippen LogP contribution in [-0.2, 0) is 9.59 Å². The van der Waals surface area contributed by atoms with E-state index in [1.807, 2.05) is 0 Å². The van der Waals surface area contributed by atoms with Crippen molar-refractivity contribution >= 4 is 11.8 Å². The number of hydrogen-bond acceptors (Lipinski definition) is 4. The number of amides is 2. The Labute approximate surface area is 209 Å². The first-order valence-corrected chi connectivity index (χ1v) is 13.5. The van der Waals surface area contributed by atoms with E-state index >= 15 is 0 Å². The third kappa shape index (κ3) is 15.7. The molecule has 1 aliphatic rings. The SMILES string of the molecule is O=C(N[C@@H]1CC[C@H](NC(=O)/C(F)=C\CCCCCCCCO)C1)/C(F)=C/CCCCCCCCO. The fourth-order valence-electron chi connectivity index (χ4n) is 4.32. The molecule has 0 bridgehead atoms. The molecule has 2 atom stereocenters. The zero-order valence-corrected chi connectivity index (χ0v) is 21.2. The molecule has 0 saturated heterocycles. The van der Waals surface area contributed by atoms with E-state index in [0.717, 1.165) is 77.0 Å². The monoisotopic (exact) mass is 500 g/mol. The smallest absolute Gasteiger partial charge is 0.279 e. The second-order valence-electron chi connectivity index (χ2n) is 9.53. The van der Waals surface area contributed by atoms with Crippen LogP contribution in [0.4, 0.5) is 8.78 Å². The molecule has 0 heterocycles. The highest BCUT2D eigenvalue weighted by atomic mass is 19.1. The predicted octanol–water partition coefficient (Wildman–Crippen LogP) is 5.29. The Morgan fingerprint density at radius 1 is 0.629 bits per heavy atom. The normalized spacial score (nSPS) is 18.6. The van der Waals surface area contributed by atoms with Gasteiger partial charge in [0.2, 0.25) is 0 Å². The van der Waals surface area contributed by atoms with Gasteiger partial charge >= 0.3 is 0 Å². The summed E-state index contributed by atoms with van der Waals surface area (Å²) in [6.07, 6.45) is 16.8. The molecule has 4 N–H and O–H groups in total. The third-order valence-corrected chi connectivity index (χ3v) is 6.41. The number of rotatable bonds is 20. The standard InChI is InChI=1S/C27H46F2N2O4/c28-24(15-11-7-3-1-5-9-13-19-32)26(34)30-22-17-18-23(21-22)31-27(35)25(29)16-12-8-4-2-6-10-14-20-33/h15-16,22-23,32-33H,1-14,17-21H2,(H,30,34)(H,31,35)/b24-15-,25-16+/t22-,23+/m1/s1. The summed E-state index contributed by atoms with van der Waals surface area (Å²) >= 11 is 0. The van der Waals surface area contributed by atoms with Crippen LogP contribution in [0.25, 0.3) is 0 Å². The van der Waals surface area contributed by atoms with Gasteiger partial charge in [-0.2, -0.15) is 0 Å². The lowest BCUT2D eigenvalue weighted by molar-refractivity contribution is -0.119. The average molecular weight is 501 g/mol. The number of hydrogen-bond donors (Lipinski definition) is 4. The third-order valence-electron chi connectivity index (χ3n) is 6.41. The summed E-state index contributed by atoms with van der Waals surface area (Å²) in [5, 5.41) is 22.8. The first-order valence-electron chi connectivity index (χ1n) is 13.5. The van der Waals surface area contributed by atoms with E-state index in [-0.39, 0.29) is 25.3 Å². The summed E-state index contributed by atoms with van der Waals surface area (Å²) in [4.78, 5) is 24.1. The van der Waals surface area contributed by atoms with Crippen molar-refractivity contribution in [3.8, 4) is 0 Å². The van der Waals surface area contributed by atoms with Crippen molar-refractivity contribution in [2.75, 3.05) is 13.2 Å². The second-order valence-corrected chi connectivity index (χ2v) is 9.53. The van der Waals surface area contributed by atoms with Gasteiger partial charge in [-0.05, 0) is 69.9 Å². The van der Waals surface area contributed by atoms with E-state index in [4.69, 9.17) is 10.2 Å². The van der Waals surface area contributed by atoms with Gasteiger partial charge in [0.05, 0.1) is 0 Å². The Balaban J connectivity index is 2.19. The molecule has 0 aromatic heterocycles.